The van der Waals surface area contributed by atoms with Crippen molar-refractivity contribution in [1.82, 2.24) is 0 Å². The molecule has 0 aliphatic rings. The molecule has 2 rings (SSSR count). The van der Waals surface area contributed by atoms with Gasteiger partial charge in [0.05, 0.1) is 13.7 Å². The van der Waals surface area contributed by atoms with Gasteiger partial charge in [-0.2, -0.15) is 0 Å². The normalized spacial score (nSPS) is 10.5. The molecule has 0 radical (unpaired) electrons. The van der Waals surface area contributed by atoms with E-state index < -0.39 is 0 Å². The molecule has 0 atom stereocenters. The number of rotatable bonds is 6. The lowest BCUT2D eigenvalue weighted by atomic mass is 10.1. The summed E-state index contributed by atoms with van der Waals surface area (Å²) in [4.78, 5) is 0. The lowest BCUT2D eigenvalue weighted by molar-refractivity contribution is 0.274. The van der Waals surface area contributed by atoms with Crippen LogP contribution in [0.5, 0.6) is 11.5 Å². The first-order valence-corrected chi connectivity index (χ1v) is 6.56. The van der Waals surface area contributed by atoms with E-state index in [1.54, 1.807) is 30.3 Å². The molecule has 5 heteroatoms. The van der Waals surface area contributed by atoms with Gasteiger partial charge in [0, 0.05) is 12.1 Å². The molecule has 21 heavy (non-hydrogen) atoms. The summed E-state index contributed by atoms with van der Waals surface area (Å²) < 4.78 is 24.3. The van der Waals surface area contributed by atoms with Crippen LogP contribution in [0.2, 0.25) is 0 Å². The van der Waals surface area contributed by atoms with E-state index in [9.17, 15) is 4.39 Å². The molecule has 2 aromatic rings. The molecule has 112 valence electrons. The zero-order chi connectivity index (χ0) is 15.2. The first kappa shape index (κ1) is 15.3. The highest BCUT2D eigenvalue weighted by atomic mass is 19.1. The molecule has 0 amide bonds. The molecular weight excluding hydrogens is 273 g/mol. The van der Waals surface area contributed by atoms with Crippen LogP contribution in [-0.4, -0.2) is 12.2 Å². The zero-order valence-electron chi connectivity index (χ0n) is 11.8. The number of ether oxygens (including phenoxy) is 2. The van der Waals surface area contributed by atoms with Crippen molar-refractivity contribution in [3.8, 4) is 11.5 Å². The fourth-order valence-corrected chi connectivity index (χ4v) is 1.96. The Morgan fingerprint density at radius 1 is 1.10 bits per heavy atom. The van der Waals surface area contributed by atoms with Crippen LogP contribution in [0.1, 0.15) is 16.7 Å². The maximum absolute atomic E-state index is 13.4. The van der Waals surface area contributed by atoms with Gasteiger partial charge >= 0.3 is 0 Å². The smallest absolute Gasteiger partial charge is 0.161 e. The summed E-state index contributed by atoms with van der Waals surface area (Å²) in [6.07, 6.45) is 0. The number of hydrogen-bond acceptors (Lipinski definition) is 4. The summed E-state index contributed by atoms with van der Waals surface area (Å²) >= 11 is 0. The number of methoxy groups -OCH3 is 1. The number of aliphatic hydroxyl groups is 1. The summed E-state index contributed by atoms with van der Waals surface area (Å²) in [5, 5.41) is 9.10. The second-order valence-corrected chi connectivity index (χ2v) is 4.56. The Balaban J connectivity index is 2.12. The average Bonchev–Trinajstić information content (AvgIpc) is 2.53. The van der Waals surface area contributed by atoms with Gasteiger partial charge in [-0.25, -0.2) is 4.39 Å². The number of nitrogens with two attached hydrogens (primary N) is 1. The van der Waals surface area contributed by atoms with Gasteiger partial charge < -0.3 is 20.3 Å². The van der Waals surface area contributed by atoms with E-state index in [-0.39, 0.29) is 25.6 Å². The van der Waals surface area contributed by atoms with Gasteiger partial charge in [-0.1, -0.05) is 12.1 Å². The van der Waals surface area contributed by atoms with Crippen LogP contribution in [0.3, 0.4) is 0 Å². The van der Waals surface area contributed by atoms with Crippen LogP contribution in [0.4, 0.5) is 4.39 Å². The number of halogens is 1. The van der Waals surface area contributed by atoms with Crippen molar-refractivity contribution in [3.63, 3.8) is 0 Å². The Bertz CT molecular complexity index is 616. The van der Waals surface area contributed by atoms with Crippen LogP contribution >= 0.6 is 0 Å². The second-order valence-electron chi connectivity index (χ2n) is 4.56. The third-order valence-corrected chi connectivity index (χ3v) is 3.13. The van der Waals surface area contributed by atoms with Gasteiger partial charge in [0.2, 0.25) is 0 Å². The van der Waals surface area contributed by atoms with Crippen LogP contribution in [0, 0.1) is 5.82 Å². The van der Waals surface area contributed by atoms with Crippen molar-refractivity contribution < 1.29 is 19.0 Å². The summed E-state index contributed by atoms with van der Waals surface area (Å²) in [6, 6.07) is 9.93. The fraction of sp³-hybridized carbons (Fsp3) is 0.250. The largest absolute Gasteiger partial charge is 0.493 e. The average molecular weight is 291 g/mol. The third kappa shape index (κ3) is 3.71. The summed E-state index contributed by atoms with van der Waals surface area (Å²) in [5.41, 5.74) is 7.50. The molecule has 0 unspecified atom stereocenters. The number of benzene rings is 2. The molecule has 0 fully saturated rings. The van der Waals surface area contributed by atoms with Gasteiger partial charge in [0.25, 0.3) is 0 Å². The standard InChI is InChI=1S/C16H18FNO3/c1-20-16-7-11(9-19)3-5-15(16)21-10-12-2-4-14(17)13(6-12)8-18/h2-7,19H,8-10,18H2,1H3. The van der Waals surface area contributed by atoms with Crippen LogP contribution < -0.4 is 15.2 Å². The second kappa shape index (κ2) is 7.06. The van der Waals surface area contributed by atoms with Gasteiger partial charge in [-0.3, -0.25) is 0 Å². The molecule has 3 N–H and O–H groups in total. The van der Waals surface area contributed by atoms with Crippen LogP contribution in [-0.2, 0) is 19.8 Å². The molecular formula is C16H18FNO3. The Labute approximate surface area is 122 Å². The molecule has 2 aromatic carbocycles. The predicted octanol–water partition coefficient (Wildman–Crippen LogP) is 2.36. The van der Waals surface area contributed by atoms with Gasteiger partial charge in [-0.15, -0.1) is 0 Å². The lowest BCUT2D eigenvalue weighted by Crippen LogP contribution is -2.03. The molecule has 4 nitrogen and oxygen atoms in total. The Morgan fingerprint density at radius 3 is 2.52 bits per heavy atom. The molecule has 0 aliphatic heterocycles. The van der Waals surface area contributed by atoms with E-state index in [1.807, 2.05) is 0 Å². The number of aliphatic hydroxyl groups excluding tert-OH is 1. The molecule has 0 saturated heterocycles. The predicted molar refractivity (Wildman–Crippen MR) is 77.5 cm³/mol. The zero-order valence-corrected chi connectivity index (χ0v) is 11.8. The Kier molecular flexibility index (Phi) is 5.14. The highest BCUT2D eigenvalue weighted by Gasteiger charge is 2.07. The van der Waals surface area contributed by atoms with Crippen molar-refractivity contribution in [2.75, 3.05) is 7.11 Å². The molecule has 0 spiro atoms. The van der Waals surface area contributed by atoms with E-state index >= 15 is 0 Å². The molecule has 0 bridgehead atoms. The maximum atomic E-state index is 13.4. The topological polar surface area (TPSA) is 64.7 Å². The van der Waals surface area contributed by atoms with Crippen molar-refractivity contribution in [2.24, 2.45) is 5.73 Å². The third-order valence-electron chi connectivity index (χ3n) is 3.13. The van der Waals surface area contributed by atoms with Gasteiger partial charge in [-0.05, 0) is 35.4 Å². The highest BCUT2D eigenvalue weighted by Crippen LogP contribution is 2.29. The van der Waals surface area contributed by atoms with E-state index in [1.165, 1.54) is 13.2 Å². The first-order chi connectivity index (χ1) is 10.2. The minimum Gasteiger partial charge on any atom is -0.493 e. The van der Waals surface area contributed by atoms with Crippen LogP contribution in [0.15, 0.2) is 36.4 Å². The SMILES string of the molecule is COc1cc(CO)ccc1OCc1ccc(F)c(CN)c1. The minimum atomic E-state index is -0.314. The van der Waals surface area contributed by atoms with E-state index in [4.69, 9.17) is 20.3 Å². The summed E-state index contributed by atoms with van der Waals surface area (Å²) in [6.45, 7) is 0.366. The van der Waals surface area contributed by atoms with Gasteiger partial charge in [0.1, 0.15) is 12.4 Å². The van der Waals surface area contributed by atoms with Crippen molar-refractivity contribution >= 4 is 0 Å². The van der Waals surface area contributed by atoms with Gasteiger partial charge in [0.15, 0.2) is 11.5 Å². The summed E-state index contributed by atoms with van der Waals surface area (Å²) in [7, 11) is 1.54. The first-order valence-electron chi connectivity index (χ1n) is 6.56. The quantitative estimate of drug-likeness (QED) is 0.857. The van der Waals surface area contributed by atoms with E-state index in [0.29, 0.717) is 17.1 Å². The monoisotopic (exact) mass is 291 g/mol. The summed E-state index contributed by atoms with van der Waals surface area (Å²) in [5.74, 6) is 0.794. The van der Waals surface area contributed by atoms with Crippen molar-refractivity contribution in [2.45, 2.75) is 19.8 Å². The Morgan fingerprint density at radius 2 is 1.86 bits per heavy atom. The maximum Gasteiger partial charge on any atom is 0.161 e. The number of hydrogen-bond donors (Lipinski definition) is 2. The molecule has 0 heterocycles. The van der Waals surface area contributed by atoms with E-state index in [0.717, 1.165) is 11.1 Å². The Hall–Kier alpha value is -2.11. The van der Waals surface area contributed by atoms with Crippen molar-refractivity contribution in [1.29, 1.82) is 0 Å². The lowest BCUT2D eigenvalue weighted by Gasteiger charge is -2.12. The molecule has 0 aromatic heterocycles. The van der Waals surface area contributed by atoms with E-state index in [2.05, 4.69) is 0 Å². The molecule has 0 saturated carbocycles. The van der Waals surface area contributed by atoms with Crippen molar-refractivity contribution in [3.05, 3.63) is 58.9 Å². The fourth-order valence-electron chi connectivity index (χ4n) is 1.96. The molecule has 0 aliphatic carbocycles. The minimum absolute atomic E-state index is 0.0610. The van der Waals surface area contributed by atoms with Crippen LogP contribution in [0.25, 0.3) is 0 Å². The highest BCUT2D eigenvalue weighted by molar-refractivity contribution is 5.43.